The van der Waals surface area contributed by atoms with Crippen LogP contribution in [0.15, 0.2) is 30.3 Å². The summed E-state index contributed by atoms with van der Waals surface area (Å²) in [6.07, 6.45) is 1.89. The molecular weight excluding hydrogens is 323 g/mol. The van der Waals surface area contributed by atoms with Gasteiger partial charge in [-0.25, -0.2) is 4.98 Å². The Kier molecular flexibility index (Phi) is 4.39. The zero-order chi connectivity index (χ0) is 17.4. The monoisotopic (exact) mass is 342 g/mol. The molecule has 1 aromatic heterocycles. The van der Waals surface area contributed by atoms with Crippen LogP contribution in [0.2, 0.25) is 0 Å². The van der Waals surface area contributed by atoms with Crippen LogP contribution in [0, 0.1) is 11.3 Å². The third-order valence-electron chi connectivity index (χ3n) is 4.37. The third-order valence-corrected chi connectivity index (χ3v) is 5.29. The van der Waals surface area contributed by atoms with Crippen molar-refractivity contribution in [2.24, 2.45) is 0 Å². The largest absolute Gasteiger partial charge is 0.490 e. The first-order valence-corrected chi connectivity index (χ1v) is 8.58. The SMILES string of the molecule is CC1(C)OB(C=CCOc2ccc3nc(C#N)sc3c2)OC1(C)C. The van der Waals surface area contributed by atoms with E-state index in [1.165, 1.54) is 11.3 Å². The van der Waals surface area contributed by atoms with Crippen molar-refractivity contribution in [3.63, 3.8) is 0 Å². The van der Waals surface area contributed by atoms with Gasteiger partial charge in [0.2, 0.25) is 0 Å². The van der Waals surface area contributed by atoms with Crippen LogP contribution < -0.4 is 4.74 Å². The van der Waals surface area contributed by atoms with Gasteiger partial charge in [0, 0.05) is 0 Å². The van der Waals surface area contributed by atoms with Gasteiger partial charge < -0.3 is 14.0 Å². The zero-order valence-corrected chi connectivity index (χ0v) is 15.0. The van der Waals surface area contributed by atoms with Crippen molar-refractivity contribution in [1.82, 2.24) is 4.98 Å². The van der Waals surface area contributed by atoms with E-state index in [0.29, 0.717) is 11.6 Å². The lowest BCUT2D eigenvalue weighted by Crippen LogP contribution is -2.41. The van der Waals surface area contributed by atoms with E-state index in [-0.39, 0.29) is 18.3 Å². The Balaban J connectivity index is 1.58. The van der Waals surface area contributed by atoms with Crippen LogP contribution in [0.5, 0.6) is 5.75 Å². The molecule has 0 N–H and O–H groups in total. The average Bonchev–Trinajstić information content (AvgIpc) is 3.01. The Morgan fingerprint density at radius 3 is 2.67 bits per heavy atom. The smallest absolute Gasteiger partial charge is 0.486 e. The Labute approximate surface area is 146 Å². The van der Waals surface area contributed by atoms with Gasteiger partial charge in [0.1, 0.15) is 18.4 Å². The molecule has 0 amide bonds. The van der Waals surface area contributed by atoms with Gasteiger partial charge in [0.25, 0.3) is 0 Å². The maximum atomic E-state index is 8.89. The van der Waals surface area contributed by atoms with Crippen LogP contribution >= 0.6 is 11.3 Å². The predicted octanol–water partition coefficient (Wildman–Crippen LogP) is 3.73. The molecule has 1 aliphatic heterocycles. The number of hydrogen-bond acceptors (Lipinski definition) is 6. The van der Waals surface area contributed by atoms with Crippen LogP contribution in [0.3, 0.4) is 0 Å². The first kappa shape index (κ1) is 17.0. The molecule has 2 heterocycles. The molecule has 24 heavy (non-hydrogen) atoms. The standard InChI is InChI=1S/C17H19BN2O3S/c1-16(2)17(3,4)23-18(22-16)8-5-9-21-12-6-7-13-14(10-12)24-15(11-19)20-13/h5-8,10H,9H2,1-4H3. The molecular formula is C17H19BN2O3S. The van der Waals surface area contributed by atoms with Gasteiger partial charge in [-0.15, -0.1) is 11.3 Å². The summed E-state index contributed by atoms with van der Waals surface area (Å²) in [7, 11) is -0.360. The molecule has 0 saturated carbocycles. The van der Waals surface area contributed by atoms with E-state index in [0.717, 1.165) is 16.0 Å². The number of aromatic nitrogens is 1. The summed E-state index contributed by atoms with van der Waals surface area (Å²) in [4.78, 5) is 4.20. The fourth-order valence-electron chi connectivity index (χ4n) is 2.32. The number of nitriles is 1. The lowest BCUT2D eigenvalue weighted by molar-refractivity contribution is 0.00578. The molecule has 1 aliphatic rings. The minimum atomic E-state index is -0.360. The van der Waals surface area contributed by atoms with Crippen molar-refractivity contribution < 1.29 is 14.0 Å². The van der Waals surface area contributed by atoms with Crippen molar-refractivity contribution >= 4 is 28.7 Å². The highest BCUT2D eigenvalue weighted by Gasteiger charge is 2.49. The van der Waals surface area contributed by atoms with E-state index in [9.17, 15) is 0 Å². The molecule has 0 spiro atoms. The average molecular weight is 342 g/mol. The minimum absolute atomic E-state index is 0.335. The van der Waals surface area contributed by atoms with E-state index < -0.39 is 0 Å². The Bertz CT molecular complexity index is 807. The van der Waals surface area contributed by atoms with Crippen LogP contribution in [-0.2, 0) is 9.31 Å². The Morgan fingerprint density at radius 1 is 1.29 bits per heavy atom. The van der Waals surface area contributed by atoms with Crippen molar-refractivity contribution in [3.05, 3.63) is 35.3 Å². The van der Waals surface area contributed by atoms with Crippen molar-refractivity contribution in [2.75, 3.05) is 6.61 Å². The molecule has 1 saturated heterocycles. The van der Waals surface area contributed by atoms with Crippen molar-refractivity contribution in [3.8, 4) is 11.8 Å². The molecule has 1 aromatic carbocycles. The van der Waals surface area contributed by atoms with Gasteiger partial charge in [0.05, 0.1) is 21.4 Å². The second kappa shape index (κ2) is 6.21. The molecule has 3 rings (SSSR count). The summed E-state index contributed by atoms with van der Waals surface area (Å²) in [5.74, 6) is 2.62. The van der Waals surface area contributed by atoms with Gasteiger partial charge >= 0.3 is 7.12 Å². The summed E-state index contributed by atoms with van der Waals surface area (Å²) >= 11 is 1.36. The normalized spacial score (nSPS) is 19.0. The molecule has 1 fully saturated rings. The second-order valence-electron chi connectivity index (χ2n) is 6.62. The van der Waals surface area contributed by atoms with Crippen LogP contribution in [0.25, 0.3) is 10.2 Å². The second-order valence-corrected chi connectivity index (χ2v) is 7.65. The maximum absolute atomic E-state index is 8.89. The summed E-state index contributed by atoms with van der Waals surface area (Å²) in [6.45, 7) is 8.52. The molecule has 124 valence electrons. The predicted molar refractivity (Wildman–Crippen MR) is 95.1 cm³/mol. The van der Waals surface area contributed by atoms with Crippen molar-refractivity contribution in [2.45, 2.75) is 38.9 Å². The Morgan fingerprint density at radius 2 is 2.00 bits per heavy atom. The minimum Gasteiger partial charge on any atom is -0.490 e. The van der Waals surface area contributed by atoms with E-state index >= 15 is 0 Å². The molecule has 5 nitrogen and oxygen atoms in total. The fraction of sp³-hybridized carbons (Fsp3) is 0.412. The first-order chi connectivity index (χ1) is 11.3. The van der Waals surface area contributed by atoms with E-state index in [2.05, 4.69) is 11.1 Å². The number of ether oxygens (including phenoxy) is 1. The number of benzene rings is 1. The number of thiazole rings is 1. The van der Waals surface area contributed by atoms with Crippen LogP contribution in [0.4, 0.5) is 0 Å². The van der Waals surface area contributed by atoms with E-state index in [1.54, 1.807) is 0 Å². The summed E-state index contributed by atoms with van der Waals surface area (Å²) in [6, 6.07) is 7.67. The molecule has 7 heteroatoms. The first-order valence-electron chi connectivity index (χ1n) is 7.76. The quantitative estimate of drug-likeness (QED) is 0.792. The Hall–Kier alpha value is -1.88. The highest BCUT2D eigenvalue weighted by molar-refractivity contribution is 7.19. The summed E-state index contributed by atoms with van der Waals surface area (Å²) < 4.78 is 18.4. The highest BCUT2D eigenvalue weighted by atomic mass is 32.1. The summed E-state index contributed by atoms with van der Waals surface area (Å²) in [5, 5.41) is 9.35. The topological polar surface area (TPSA) is 64.4 Å². The van der Waals surface area contributed by atoms with E-state index in [4.69, 9.17) is 19.3 Å². The number of rotatable bonds is 4. The van der Waals surface area contributed by atoms with Crippen LogP contribution in [-0.4, -0.2) is 29.9 Å². The maximum Gasteiger partial charge on any atom is 0.486 e. The highest BCUT2D eigenvalue weighted by Crippen LogP contribution is 2.36. The molecule has 0 atom stereocenters. The third kappa shape index (κ3) is 3.31. The lowest BCUT2D eigenvalue weighted by atomic mass is 9.90. The van der Waals surface area contributed by atoms with Gasteiger partial charge in [-0.1, -0.05) is 12.1 Å². The van der Waals surface area contributed by atoms with Gasteiger partial charge in [0.15, 0.2) is 5.01 Å². The van der Waals surface area contributed by atoms with Gasteiger partial charge in [-0.3, -0.25) is 0 Å². The van der Waals surface area contributed by atoms with E-state index in [1.807, 2.05) is 57.9 Å². The lowest BCUT2D eigenvalue weighted by Gasteiger charge is -2.32. The van der Waals surface area contributed by atoms with Gasteiger partial charge in [-0.05, 0) is 45.9 Å². The van der Waals surface area contributed by atoms with Crippen LogP contribution in [0.1, 0.15) is 32.7 Å². The zero-order valence-electron chi connectivity index (χ0n) is 14.2. The fourth-order valence-corrected chi connectivity index (χ4v) is 3.11. The molecule has 2 aromatic rings. The molecule has 0 radical (unpaired) electrons. The van der Waals surface area contributed by atoms with Crippen molar-refractivity contribution in [1.29, 1.82) is 5.26 Å². The molecule has 0 unspecified atom stereocenters. The molecule has 0 bridgehead atoms. The molecule has 0 aliphatic carbocycles. The number of fused-ring (bicyclic) bond motifs is 1. The number of hydrogen-bond donors (Lipinski definition) is 0. The summed E-state index contributed by atoms with van der Waals surface area (Å²) in [5.41, 5.74) is 0.147. The number of nitrogens with zero attached hydrogens (tertiary/aromatic N) is 2. The van der Waals surface area contributed by atoms with Gasteiger partial charge in [-0.2, -0.15) is 5.26 Å².